The Bertz CT molecular complexity index is 1130. The molecule has 1 saturated heterocycles. The highest BCUT2D eigenvalue weighted by molar-refractivity contribution is 7.91. The number of pyridine rings is 1. The molecule has 1 fully saturated rings. The zero-order valence-corrected chi connectivity index (χ0v) is 18.2. The SMILES string of the molecule is Cc1nccn1-c1cc(CNC(=O)[C@H]2CCCN(S(=O)(=O)c3cccs3)C2)ccn1. The highest BCUT2D eigenvalue weighted by Gasteiger charge is 2.33. The van der Waals surface area contributed by atoms with Gasteiger partial charge in [-0.15, -0.1) is 11.3 Å². The minimum atomic E-state index is -3.53. The summed E-state index contributed by atoms with van der Waals surface area (Å²) in [5, 5.41) is 4.70. The number of aromatic nitrogens is 3. The molecular formula is C20H23N5O3S2. The molecule has 1 atom stereocenters. The summed E-state index contributed by atoms with van der Waals surface area (Å²) in [6.07, 6.45) is 6.60. The Kier molecular flexibility index (Phi) is 5.98. The number of hydrogen-bond donors (Lipinski definition) is 1. The van der Waals surface area contributed by atoms with Crippen molar-refractivity contribution in [3.63, 3.8) is 0 Å². The predicted octanol–water partition coefficient (Wildman–Crippen LogP) is 2.35. The number of carbonyl (C=O) groups is 1. The summed E-state index contributed by atoms with van der Waals surface area (Å²) < 4.78 is 29.2. The van der Waals surface area contributed by atoms with E-state index >= 15 is 0 Å². The lowest BCUT2D eigenvalue weighted by Crippen LogP contribution is -2.45. The van der Waals surface area contributed by atoms with Gasteiger partial charge in [-0.1, -0.05) is 6.07 Å². The Morgan fingerprint density at radius 2 is 2.17 bits per heavy atom. The molecule has 0 bridgehead atoms. The Morgan fingerprint density at radius 3 is 2.90 bits per heavy atom. The smallest absolute Gasteiger partial charge is 0.252 e. The second kappa shape index (κ2) is 8.66. The lowest BCUT2D eigenvalue weighted by molar-refractivity contribution is -0.126. The third-order valence-corrected chi connectivity index (χ3v) is 8.43. The lowest BCUT2D eigenvalue weighted by Gasteiger charge is -2.30. The van der Waals surface area contributed by atoms with Crippen molar-refractivity contribution in [1.29, 1.82) is 0 Å². The van der Waals surface area contributed by atoms with Gasteiger partial charge in [0.2, 0.25) is 5.91 Å². The maximum Gasteiger partial charge on any atom is 0.252 e. The summed E-state index contributed by atoms with van der Waals surface area (Å²) in [7, 11) is -3.53. The Hall–Kier alpha value is -2.56. The van der Waals surface area contributed by atoms with Gasteiger partial charge in [0.25, 0.3) is 10.0 Å². The summed E-state index contributed by atoms with van der Waals surface area (Å²) in [6.45, 7) is 2.91. The largest absolute Gasteiger partial charge is 0.352 e. The number of aryl methyl sites for hydroxylation is 1. The second-order valence-corrected chi connectivity index (χ2v) is 10.3. The molecule has 1 N–H and O–H groups in total. The quantitative estimate of drug-likeness (QED) is 0.628. The summed E-state index contributed by atoms with van der Waals surface area (Å²) >= 11 is 1.20. The Morgan fingerprint density at radius 1 is 1.30 bits per heavy atom. The van der Waals surface area contributed by atoms with E-state index in [4.69, 9.17) is 0 Å². The average molecular weight is 446 g/mol. The zero-order valence-electron chi connectivity index (χ0n) is 16.6. The van der Waals surface area contributed by atoms with Crippen molar-refractivity contribution in [2.75, 3.05) is 13.1 Å². The van der Waals surface area contributed by atoms with Crippen molar-refractivity contribution in [3.05, 3.63) is 59.6 Å². The molecule has 1 aliphatic heterocycles. The molecule has 3 aromatic rings. The van der Waals surface area contributed by atoms with E-state index in [-0.39, 0.29) is 18.4 Å². The van der Waals surface area contributed by atoms with E-state index in [1.807, 2.05) is 29.8 Å². The number of rotatable bonds is 6. The van der Waals surface area contributed by atoms with Crippen molar-refractivity contribution in [2.24, 2.45) is 5.92 Å². The molecule has 30 heavy (non-hydrogen) atoms. The molecule has 4 rings (SSSR count). The second-order valence-electron chi connectivity index (χ2n) is 7.22. The minimum Gasteiger partial charge on any atom is -0.352 e. The van der Waals surface area contributed by atoms with Crippen LogP contribution in [0.2, 0.25) is 0 Å². The fourth-order valence-electron chi connectivity index (χ4n) is 3.57. The molecule has 158 valence electrons. The number of nitrogens with one attached hydrogen (secondary N) is 1. The van der Waals surface area contributed by atoms with Crippen LogP contribution in [0.5, 0.6) is 0 Å². The van der Waals surface area contributed by atoms with Crippen LogP contribution < -0.4 is 5.32 Å². The fraction of sp³-hybridized carbons (Fsp3) is 0.350. The average Bonchev–Trinajstić information content (AvgIpc) is 3.44. The first-order valence-corrected chi connectivity index (χ1v) is 12.0. The summed E-state index contributed by atoms with van der Waals surface area (Å²) in [6, 6.07) is 7.08. The monoisotopic (exact) mass is 445 g/mol. The third kappa shape index (κ3) is 4.30. The number of carbonyl (C=O) groups excluding carboxylic acids is 1. The van der Waals surface area contributed by atoms with Crippen molar-refractivity contribution < 1.29 is 13.2 Å². The molecule has 0 aromatic carbocycles. The maximum atomic E-state index is 12.8. The molecule has 0 saturated carbocycles. The van der Waals surface area contributed by atoms with Gasteiger partial charge in [0.15, 0.2) is 0 Å². The van der Waals surface area contributed by atoms with Crippen LogP contribution in [-0.2, 0) is 21.4 Å². The summed E-state index contributed by atoms with van der Waals surface area (Å²) in [5.41, 5.74) is 0.917. The normalized spacial score (nSPS) is 17.7. The van der Waals surface area contributed by atoms with Crippen molar-refractivity contribution >= 4 is 27.3 Å². The highest BCUT2D eigenvalue weighted by Crippen LogP contribution is 2.26. The Balaban J connectivity index is 1.39. The van der Waals surface area contributed by atoms with Gasteiger partial charge in [0.05, 0.1) is 5.92 Å². The van der Waals surface area contributed by atoms with Crippen molar-refractivity contribution in [3.8, 4) is 5.82 Å². The van der Waals surface area contributed by atoms with Crippen molar-refractivity contribution in [1.82, 2.24) is 24.2 Å². The molecule has 3 aromatic heterocycles. The van der Waals surface area contributed by atoms with Crippen LogP contribution >= 0.6 is 11.3 Å². The molecule has 0 unspecified atom stereocenters. The minimum absolute atomic E-state index is 0.127. The van der Waals surface area contributed by atoms with E-state index in [1.165, 1.54) is 15.6 Å². The van der Waals surface area contributed by atoms with Crippen LogP contribution in [0.3, 0.4) is 0 Å². The summed E-state index contributed by atoms with van der Waals surface area (Å²) in [4.78, 5) is 21.3. The topological polar surface area (TPSA) is 97.2 Å². The van der Waals surface area contributed by atoms with Gasteiger partial charge in [-0.25, -0.2) is 18.4 Å². The molecule has 1 amide bonds. The van der Waals surface area contributed by atoms with E-state index in [0.29, 0.717) is 30.1 Å². The van der Waals surface area contributed by atoms with Gasteiger partial charge >= 0.3 is 0 Å². The number of sulfonamides is 1. The molecule has 10 heteroatoms. The first-order chi connectivity index (χ1) is 14.4. The number of nitrogens with zero attached hydrogens (tertiary/aromatic N) is 4. The summed E-state index contributed by atoms with van der Waals surface area (Å²) in [5.74, 6) is 1.09. The van der Waals surface area contributed by atoms with E-state index < -0.39 is 10.0 Å². The number of amides is 1. The number of hydrogen-bond acceptors (Lipinski definition) is 6. The molecule has 0 radical (unpaired) electrons. The maximum absolute atomic E-state index is 12.8. The molecule has 8 nitrogen and oxygen atoms in total. The first-order valence-electron chi connectivity index (χ1n) is 9.72. The van der Waals surface area contributed by atoms with Gasteiger partial charge in [-0.3, -0.25) is 9.36 Å². The highest BCUT2D eigenvalue weighted by atomic mass is 32.2. The van der Waals surface area contributed by atoms with Gasteiger partial charge in [-0.2, -0.15) is 4.31 Å². The van der Waals surface area contributed by atoms with Crippen LogP contribution in [0.1, 0.15) is 24.2 Å². The van der Waals surface area contributed by atoms with Gasteiger partial charge in [-0.05, 0) is 48.9 Å². The van der Waals surface area contributed by atoms with E-state index in [1.54, 1.807) is 29.9 Å². The molecule has 0 spiro atoms. The lowest BCUT2D eigenvalue weighted by atomic mass is 9.99. The predicted molar refractivity (Wildman–Crippen MR) is 114 cm³/mol. The number of thiophene rings is 1. The standard InChI is InChI=1S/C20H23N5O3S2/c1-15-21-8-10-25(15)18-12-16(6-7-22-18)13-23-20(26)17-4-2-9-24(14-17)30(27,28)19-5-3-11-29-19/h3,5-8,10-12,17H,2,4,9,13-14H2,1H3,(H,23,26)/t17-/m0/s1. The molecule has 4 heterocycles. The Labute approximate surface area is 179 Å². The molecule has 1 aliphatic rings. The zero-order chi connectivity index (χ0) is 21.1. The first kappa shape index (κ1) is 20.7. The van der Waals surface area contributed by atoms with E-state index in [2.05, 4.69) is 15.3 Å². The van der Waals surface area contributed by atoms with Crippen LogP contribution in [0.15, 0.2) is 52.4 Å². The van der Waals surface area contributed by atoms with Crippen LogP contribution in [0.4, 0.5) is 0 Å². The van der Waals surface area contributed by atoms with Gasteiger partial charge in [0.1, 0.15) is 15.9 Å². The van der Waals surface area contributed by atoms with E-state index in [9.17, 15) is 13.2 Å². The number of imidazole rings is 1. The van der Waals surface area contributed by atoms with Crippen LogP contribution in [-0.4, -0.2) is 46.3 Å². The van der Waals surface area contributed by atoms with Crippen LogP contribution in [0.25, 0.3) is 5.82 Å². The van der Waals surface area contributed by atoms with Crippen LogP contribution in [0, 0.1) is 12.8 Å². The molecule has 0 aliphatic carbocycles. The van der Waals surface area contributed by atoms with Gasteiger partial charge in [0, 0.05) is 38.2 Å². The van der Waals surface area contributed by atoms with Gasteiger partial charge < -0.3 is 5.32 Å². The van der Waals surface area contributed by atoms with E-state index in [0.717, 1.165) is 17.2 Å². The number of piperidine rings is 1. The third-order valence-electron chi connectivity index (χ3n) is 5.19. The fourth-order valence-corrected chi connectivity index (χ4v) is 6.24. The van der Waals surface area contributed by atoms with Crippen molar-refractivity contribution in [2.45, 2.75) is 30.5 Å². The molecular weight excluding hydrogens is 422 g/mol.